The fourth-order valence-electron chi connectivity index (χ4n) is 6.64. The summed E-state index contributed by atoms with van der Waals surface area (Å²) in [5.74, 6) is 2.00. The number of rotatable bonds is 24. The lowest BCUT2D eigenvalue weighted by Gasteiger charge is -2.23. The highest BCUT2D eigenvalue weighted by Gasteiger charge is 2.23. The summed E-state index contributed by atoms with van der Waals surface area (Å²) in [4.78, 5) is 26.0. The van der Waals surface area contributed by atoms with Gasteiger partial charge in [0.05, 0.1) is 0 Å². The number of esters is 2. The van der Waals surface area contributed by atoms with Crippen molar-refractivity contribution in [2.75, 3.05) is 26.4 Å². The summed E-state index contributed by atoms with van der Waals surface area (Å²) in [6.07, 6.45) is 7.12. The van der Waals surface area contributed by atoms with E-state index in [0.29, 0.717) is 40.9 Å². The molecule has 0 saturated carbocycles. The topological polar surface area (TPSA) is 89.5 Å². The molecule has 0 spiro atoms. The normalized spacial score (nSPS) is 12.2. The molecular weight excluding hydrogens is 740 g/mol. The highest BCUT2D eigenvalue weighted by molar-refractivity contribution is 6.31. The van der Waals surface area contributed by atoms with E-state index in [-0.39, 0.29) is 38.4 Å². The summed E-state index contributed by atoms with van der Waals surface area (Å²) < 4.78 is 37.5. The van der Waals surface area contributed by atoms with E-state index in [2.05, 4.69) is 13.8 Å². The molecule has 2 unspecified atom stereocenters. The van der Waals surface area contributed by atoms with Crippen LogP contribution in [0.15, 0.2) is 91.0 Å². The number of benzene rings is 5. The van der Waals surface area contributed by atoms with Gasteiger partial charge < -0.3 is 28.4 Å². The average Bonchev–Trinajstić information content (AvgIpc) is 3.20. The number of unbranched alkanes of at least 4 members (excludes halogenated alkanes) is 6. The van der Waals surface area contributed by atoms with Crippen LogP contribution in [0.1, 0.15) is 89.2 Å². The Morgan fingerprint density at radius 2 is 0.965 bits per heavy atom. The average molecular weight is 797 g/mol. The Labute approximate surface area is 342 Å². The molecule has 57 heavy (non-hydrogen) atoms. The first kappa shape index (κ1) is 43.2. The van der Waals surface area contributed by atoms with Crippen LogP contribution in [0.25, 0.3) is 21.5 Å². The van der Waals surface area contributed by atoms with Crippen molar-refractivity contribution >= 4 is 45.1 Å². The van der Waals surface area contributed by atoms with E-state index in [4.69, 9.17) is 40.0 Å². The number of fused-ring (bicyclic) bond motifs is 2. The van der Waals surface area contributed by atoms with E-state index in [0.717, 1.165) is 84.0 Å². The van der Waals surface area contributed by atoms with Crippen molar-refractivity contribution in [3.05, 3.63) is 107 Å². The Hall–Kier alpha value is -4.95. The predicted octanol–water partition coefficient (Wildman–Crippen LogP) is 11.9. The highest BCUT2D eigenvalue weighted by Crippen LogP contribution is 2.44. The van der Waals surface area contributed by atoms with Crippen LogP contribution < -0.4 is 18.9 Å². The van der Waals surface area contributed by atoms with Gasteiger partial charge in [0.15, 0.2) is 12.2 Å². The summed E-state index contributed by atoms with van der Waals surface area (Å²) in [6, 6.07) is 28.9. The van der Waals surface area contributed by atoms with Gasteiger partial charge >= 0.3 is 11.9 Å². The molecule has 5 aromatic rings. The number of aryl methyl sites for hydroxylation is 2. The largest absolute Gasteiger partial charge is 0.490 e. The predicted molar refractivity (Wildman–Crippen MR) is 228 cm³/mol. The lowest BCUT2D eigenvalue weighted by molar-refractivity contribution is -0.153. The Morgan fingerprint density at radius 1 is 0.509 bits per heavy atom. The molecule has 304 valence electrons. The zero-order valence-electron chi connectivity index (χ0n) is 33.9. The monoisotopic (exact) mass is 796 g/mol. The first-order valence-corrected chi connectivity index (χ1v) is 20.8. The molecule has 9 heteroatoms. The van der Waals surface area contributed by atoms with Crippen LogP contribution in [0.5, 0.6) is 23.0 Å². The van der Waals surface area contributed by atoms with Crippen molar-refractivity contribution in [2.24, 2.45) is 0 Å². The molecule has 0 aliphatic carbocycles. The maximum Gasteiger partial charge on any atom is 0.306 e. The maximum absolute atomic E-state index is 13.0. The molecule has 8 nitrogen and oxygen atoms in total. The molecule has 5 rings (SSSR count). The molecule has 2 atom stereocenters. The molecule has 0 aromatic heterocycles. The fraction of sp³-hybridized carbons (Fsp3) is 0.417. The second-order valence-electron chi connectivity index (χ2n) is 14.6. The van der Waals surface area contributed by atoms with Gasteiger partial charge in [-0.25, -0.2) is 0 Å². The molecule has 0 saturated heterocycles. The second-order valence-corrected chi connectivity index (χ2v) is 15.1. The minimum absolute atomic E-state index is 0.0465. The van der Waals surface area contributed by atoms with Gasteiger partial charge in [0.25, 0.3) is 0 Å². The first-order valence-electron chi connectivity index (χ1n) is 20.4. The number of hydrogen-bond acceptors (Lipinski definition) is 8. The van der Waals surface area contributed by atoms with Crippen LogP contribution in [0.2, 0.25) is 5.02 Å². The van der Waals surface area contributed by atoms with Gasteiger partial charge in [-0.15, -0.1) is 0 Å². The summed E-state index contributed by atoms with van der Waals surface area (Å²) >= 11 is 6.62. The van der Waals surface area contributed by atoms with Gasteiger partial charge in [-0.1, -0.05) is 113 Å². The smallest absolute Gasteiger partial charge is 0.306 e. The molecule has 0 aliphatic heterocycles. The SMILES string of the molecule is CCCCCCC(=O)OC(COc1cccc(C)c1)COc1c2ccccc2c(OCC(COc2cccc(C)c2)OC(=O)CCCCCC)c2cc(Cl)ccc12. The summed E-state index contributed by atoms with van der Waals surface area (Å²) in [6.45, 7) is 8.62. The van der Waals surface area contributed by atoms with Crippen molar-refractivity contribution in [1.82, 2.24) is 0 Å². The Bertz CT molecular complexity index is 2040. The molecule has 0 fully saturated rings. The molecule has 0 heterocycles. The third-order valence-corrected chi connectivity index (χ3v) is 9.87. The maximum atomic E-state index is 13.0. The number of ether oxygens (including phenoxy) is 6. The zero-order chi connectivity index (χ0) is 40.4. The zero-order valence-corrected chi connectivity index (χ0v) is 34.6. The standard InChI is InChI=1S/C48H57ClO8/c1-5-7-9-11-23-45(50)56-39(30-52-37-19-15-17-34(3)27-37)32-54-47-41-21-13-14-22-42(41)48(44-29-36(49)25-26-43(44)47)55-33-40(57-46(51)24-12-10-8-6-2)31-53-38-20-16-18-35(4)28-38/h13-22,25-29,39-40H,5-12,23-24,30-33H2,1-4H3. The van der Waals surface area contributed by atoms with Gasteiger partial charge in [-0.2, -0.15) is 0 Å². The molecule has 0 N–H and O–H groups in total. The quantitative estimate of drug-likeness (QED) is 0.0346. The second kappa shape index (κ2) is 22.7. The Balaban J connectivity index is 1.40. The molecule has 0 bridgehead atoms. The lowest BCUT2D eigenvalue weighted by atomic mass is 10.0. The van der Waals surface area contributed by atoms with E-state index in [1.807, 2.05) is 105 Å². The van der Waals surface area contributed by atoms with Crippen molar-refractivity contribution in [2.45, 2.75) is 104 Å². The Kier molecular flexibility index (Phi) is 17.2. The van der Waals surface area contributed by atoms with Crippen LogP contribution in [0.3, 0.4) is 0 Å². The van der Waals surface area contributed by atoms with E-state index in [1.54, 1.807) is 0 Å². The summed E-state index contributed by atoms with van der Waals surface area (Å²) in [7, 11) is 0. The lowest BCUT2D eigenvalue weighted by Crippen LogP contribution is -2.31. The summed E-state index contributed by atoms with van der Waals surface area (Å²) in [5, 5.41) is 3.59. The minimum Gasteiger partial charge on any atom is -0.490 e. The van der Waals surface area contributed by atoms with Crippen LogP contribution >= 0.6 is 11.6 Å². The Morgan fingerprint density at radius 3 is 1.44 bits per heavy atom. The molecular formula is C48H57ClO8. The van der Waals surface area contributed by atoms with Gasteiger partial charge in [0, 0.05) is 39.4 Å². The van der Waals surface area contributed by atoms with Gasteiger partial charge in [0.2, 0.25) is 0 Å². The van der Waals surface area contributed by atoms with E-state index >= 15 is 0 Å². The third kappa shape index (κ3) is 13.6. The highest BCUT2D eigenvalue weighted by atomic mass is 35.5. The number of carbonyl (C=O) groups is 2. The van der Waals surface area contributed by atoms with E-state index < -0.39 is 12.2 Å². The number of carbonyl (C=O) groups excluding carboxylic acids is 2. The molecule has 0 amide bonds. The number of hydrogen-bond donors (Lipinski definition) is 0. The minimum atomic E-state index is -0.682. The third-order valence-electron chi connectivity index (χ3n) is 9.63. The van der Waals surface area contributed by atoms with E-state index in [1.165, 1.54) is 0 Å². The van der Waals surface area contributed by atoms with Crippen LogP contribution in [-0.4, -0.2) is 50.6 Å². The molecule has 0 radical (unpaired) electrons. The van der Waals surface area contributed by atoms with Crippen molar-refractivity contribution < 1.29 is 38.0 Å². The molecule has 0 aliphatic rings. The van der Waals surface area contributed by atoms with Crippen LogP contribution in [-0.2, 0) is 19.1 Å². The van der Waals surface area contributed by atoms with Gasteiger partial charge in [-0.3, -0.25) is 9.59 Å². The molecule has 5 aromatic carbocycles. The van der Waals surface area contributed by atoms with Crippen molar-refractivity contribution in [3.63, 3.8) is 0 Å². The van der Waals surface area contributed by atoms with Crippen LogP contribution in [0, 0.1) is 13.8 Å². The van der Waals surface area contributed by atoms with Crippen LogP contribution in [0.4, 0.5) is 0 Å². The first-order chi connectivity index (χ1) is 27.7. The fourth-order valence-corrected chi connectivity index (χ4v) is 6.81. The van der Waals surface area contributed by atoms with Crippen molar-refractivity contribution in [1.29, 1.82) is 0 Å². The number of halogens is 1. The summed E-state index contributed by atoms with van der Waals surface area (Å²) in [5.41, 5.74) is 2.13. The van der Waals surface area contributed by atoms with Crippen molar-refractivity contribution in [3.8, 4) is 23.0 Å². The van der Waals surface area contributed by atoms with Gasteiger partial charge in [-0.05, 0) is 80.3 Å². The van der Waals surface area contributed by atoms with E-state index in [9.17, 15) is 9.59 Å². The van der Waals surface area contributed by atoms with Gasteiger partial charge in [0.1, 0.15) is 49.4 Å².